The third kappa shape index (κ3) is 3.25. The van der Waals surface area contributed by atoms with E-state index >= 15 is 0 Å². The van der Waals surface area contributed by atoms with Crippen LogP contribution >= 0.6 is 11.6 Å². The fourth-order valence-corrected chi connectivity index (χ4v) is 3.11. The Hall–Kier alpha value is -2.06. The van der Waals surface area contributed by atoms with Gasteiger partial charge in [0.1, 0.15) is 5.54 Å². The van der Waals surface area contributed by atoms with E-state index in [4.69, 9.17) is 16.3 Å². The Morgan fingerprint density at radius 3 is 2.50 bits per heavy atom. The molecule has 126 valence electrons. The Bertz CT molecular complexity index is 702. The van der Waals surface area contributed by atoms with Crippen molar-refractivity contribution in [2.24, 2.45) is 5.92 Å². The van der Waals surface area contributed by atoms with Gasteiger partial charge in [0.05, 0.1) is 11.5 Å². The predicted octanol–water partition coefficient (Wildman–Crippen LogP) is 2.72. The number of halogens is 1. The van der Waals surface area contributed by atoms with Crippen LogP contribution in [0.5, 0.6) is 0 Å². The zero-order chi connectivity index (χ0) is 17.4. The largest absolute Gasteiger partial charge is 0.455 e. The van der Waals surface area contributed by atoms with E-state index in [9.17, 15) is 14.9 Å². The highest BCUT2D eigenvalue weighted by molar-refractivity contribution is 6.30. The molecule has 2 aliphatic rings. The fraction of sp³-hybridized carbons (Fsp3) is 0.500. The highest BCUT2D eigenvalue weighted by Gasteiger charge is 2.53. The van der Waals surface area contributed by atoms with Crippen molar-refractivity contribution in [3.63, 3.8) is 0 Å². The zero-order valence-electron chi connectivity index (χ0n) is 13.5. The second kappa shape index (κ2) is 6.10. The summed E-state index contributed by atoms with van der Waals surface area (Å²) in [5, 5.41) is 12.5. The Kier molecular flexibility index (Phi) is 4.27. The van der Waals surface area contributed by atoms with Crippen LogP contribution in [0.4, 0.5) is 0 Å². The van der Waals surface area contributed by atoms with Gasteiger partial charge in [0.15, 0.2) is 6.61 Å². The summed E-state index contributed by atoms with van der Waals surface area (Å²) in [6.07, 6.45) is 3.27. The molecule has 1 aromatic rings. The molecule has 6 heteroatoms. The number of hydrogen-bond donors (Lipinski definition) is 1. The Labute approximate surface area is 145 Å². The smallest absolute Gasteiger partial charge is 0.317 e. The van der Waals surface area contributed by atoms with Crippen LogP contribution in [-0.4, -0.2) is 24.0 Å². The molecule has 1 atom stereocenters. The molecule has 0 heterocycles. The minimum atomic E-state index is -0.878. The SMILES string of the molecule is C[C@@](C#N)(NC(=O)COC(=O)C1(c2ccc(Cl)cc2)CC1)C1CC1. The molecular weight excluding hydrogens is 328 g/mol. The third-order valence-electron chi connectivity index (χ3n) is 4.90. The average Bonchev–Trinajstić information content (AvgIpc) is 3.45. The molecule has 1 amide bonds. The molecule has 0 aliphatic heterocycles. The van der Waals surface area contributed by atoms with E-state index in [1.807, 2.05) is 12.1 Å². The lowest BCUT2D eigenvalue weighted by atomic mass is 9.96. The van der Waals surface area contributed by atoms with E-state index in [0.29, 0.717) is 17.9 Å². The van der Waals surface area contributed by atoms with E-state index < -0.39 is 22.8 Å². The van der Waals surface area contributed by atoms with Crippen molar-refractivity contribution in [1.29, 1.82) is 5.26 Å². The summed E-state index contributed by atoms with van der Waals surface area (Å²) in [7, 11) is 0. The van der Waals surface area contributed by atoms with Crippen molar-refractivity contribution in [2.75, 3.05) is 6.61 Å². The number of carbonyl (C=O) groups is 2. The highest BCUT2D eigenvalue weighted by atomic mass is 35.5. The number of esters is 1. The first-order chi connectivity index (χ1) is 11.4. The number of rotatable bonds is 6. The van der Waals surface area contributed by atoms with Gasteiger partial charge in [-0.2, -0.15) is 5.26 Å². The first-order valence-corrected chi connectivity index (χ1v) is 8.43. The van der Waals surface area contributed by atoms with Crippen LogP contribution in [0.25, 0.3) is 0 Å². The van der Waals surface area contributed by atoms with Crippen LogP contribution in [0.15, 0.2) is 24.3 Å². The fourth-order valence-electron chi connectivity index (χ4n) is 2.98. The standard InChI is InChI=1S/C18H19ClN2O3/c1-17(11-20,12-2-3-12)21-15(22)10-24-16(23)18(8-9-18)13-4-6-14(19)7-5-13/h4-7,12H,2-3,8-10H2,1H3,(H,21,22)/t17-/m0/s1. The maximum absolute atomic E-state index is 12.4. The molecule has 2 aliphatic carbocycles. The molecule has 3 rings (SSSR count). The van der Waals surface area contributed by atoms with Crippen molar-refractivity contribution >= 4 is 23.5 Å². The summed E-state index contributed by atoms with van der Waals surface area (Å²) in [6.45, 7) is 1.35. The monoisotopic (exact) mass is 346 g/mol. The van der Waals surface area contributed by atoms with Gasteiger partial charge in [0, 0.05) is 5.02 Å². The lowest BCUT2D eigenvalue weighted by molar-refractivity contribution is -0.151. The summed E-state index contributed by atoms with van der Waals surface area (Å²) in [5.74, 6) is -0.651. The van der Waals surface area contributed by atoms with Crippen LogP contribution in [0.1, 0.15) is 38.2 Å². The van der Waals surface area contributed by atoms with Crippen molar-refractivity contribution < 1.29 is 14.3 Å². The van der Waals surface area contributed by atoms with E-state index in [1.54, 1.807) is 19.1 Å². The third-order valence-corrected chi connectivity index (χ3v) is 5.15. The first-order valence-electron chi connectivity index (χ1n) is 8.05. The number of amides is 1. The second-order valence-corrected chi connectivity index (χ2v) is 7.24. The second-order valence-electron chi connectivity index (χ2n) is 6.80. The van der Waals surface area contributed by atoms with Crippen molar-refractivity contribution in [3.8, 4) is 6.07 Å². The quantitative estimate of drug-likeness (QED) is 0.803. The molecule has 0 radical (unpaired) electrons. The number of nitrogens with one attached hydrogen (secondary N) is 1. The molecule has 0 aromatic heterocycles. The normalized spacial score (nSPS) is 20.4. The zero-order valence-corrected chi connectivity index (χ0v) is 14.2. The molecule has 1 aromatic carbocycles. The molecule has 24 heavy (non-hydrogen) atoms. The molecule has 0 unspecified atom stereocenters. The molecule has 0 bridgehead atoms. The topological polar surface area (TPSA) is 79.2 Å². The van der Waals surface area contributed by atoms with Gasteiger partial charge in [-0.15, -0.1) is 0 Å². The molecule has 2 saturated carbocycles. The van der Waals surface area contributed by atoms with Crippen LogP contribution < -0.4 is 5.32 Å². The van der Waals surface area contributed by atoms with Crippen LogP contribution in [0.3, 0.4) is 0 Å². The lowest BCUT2D eigenvalue weighted by Gasteiger charge is -2.23. The summed E-state index contributed by atoms with van der Waals surface area (Å²) in [6, 6.07) is 9.26. The summed E-state index contributed by atoms with van der Waals surface area (Å²) in [4.78, 5) is 24.4. The maximum Gasteiger partial charge on any atom is 0.317 e. The average molecular weight is 347 g/mol. The Morgan fingerprint density at radius 1 is 1.38 bits per heavy atom. The number of nitrogens with zero attached hydrogens (tertiary/aromatic N) is 1. The van der Waals surface area contributed by atoms with Crippen molar-refractivity contribution in [1.82, 2.24) is 5.32 Å². The molecule has 1 N–H and O–H groups in total. The highest BCUT2D eigenvalue weighted by Crippen LogP contribution is 2.49. The minimum absolute atomic E-state index is 0.186. The van der Waals surface area contributed by atoms with Crippen molar-refractivity contribution in [2.45, 2.75) is 43.6 Å². The molecule has 2 fully saturated rings. The molecule has 5 nitrogen and oxygen atoms in total. The van der Waals surface area contributed by atoms with Gasteiger partial charge in [0.2, 0.25) is 0 Å². The van der Waals surface area contributed by atoms with Gasteiger partial charge in [-0.1, -0.05) is 23.7 Å². The van der Waals surface area contributed by atoms with E-state index in [0.717, 1.165) is 18.4 Å². The Balaban J connectivity index is 1.56. The van der Waals surface area contributed by atoms with Gasteiger partial charge in [-0.3, -0.25) is 9.59 Å². The number of benzene rings is 1. The van der Waals surface area contributed by atoms with Crippen molar-refractivity contribution in [3.05, 3.63) is 34.9 Å². The number of ether oxygens (including phenoxy) is 1. The number of carbonyl (C=O) groups excluding carboxylic acids is 2. The van der Waals surface area contributed by atoms with Gasteiger partial charge < -0.3 is 10.1 Å². The van der Waals surface area contributed by atoms with Gasteiger partial charge >= 0.3 is 5.97 Å². The van der Waals surface area contributed by atoms with Crippen LogP contribution in [0, 0.1) is 17.2 Å². The van der Waals surface area contributed by atoms with E-state index in [1.165, 1.54) is 0 Å². The maximum atomic E-state index is 12.4. The van der Waals surface area contributed by atoms with E-state index in [2.05, 4.69) is 11.4 Å². The summed E-state index contributed by atoms with van der Waals surface area (Å²) < 4.78 is 5.21. The van der Waals surface area contributed by atoms with E-state index in [-0.39, 0.29) is 12.5 Å². The first kappa shape index (κ1) is 16.8. The summed E-state index contributed by atoms with van der Waals surface area (Å²) >= 11 is 5.87. The number of hydrogen-bond acceptors (Lipinski definition) is 4. The van der Waals surface area contributed by atoms with Gasteiger partial charge in [-0.05, 0) is 56.2 Å². The van der Waals surface area contributed by atoms with Gasteiger partial charge in [0.25, 0.3) is 5.91 Å². The van der Waals surface area contributed by atoms with Crippen LogP contribution in [0.2, 0.25) is 5.02 Å². The Morgan fingerprint density at radius 2 is 2.00 bits per heavy atom. The lowest BCUT2D eigenvalue weighted by Crippen LogP contribution is -2.48. The minimum Gasteiger partial charge on any atom is -0.455 e. The molecule has 0 saturated heterocycles. The summed E-state index contributed by atoms with van der Waals surface area (Å²) in [5.41, 5.74) is -0.672. The predicted molar refractivity (Wildman–Crippen MR) is 88.2 cm³/mol. The number of nitriles is 1. The molecule has 0 spiro atoms. The molecular formula is C18H19ClN2O3. The van der Waals surface area contributed by atoms with Crippen LogP contribution in [-0.2, 0) is 19.7 Å². The van der Waals surface area contributed by atoms with Gasteiger partial charge in [-0.25, -0.2) is 0 Å².